The minimum absolute atomic E-state index is 0.550. The minimum Gasteiger partial charge on any atom is -0.307 e. The number of rotatable bonds is 8. The van der Waals surface area contributed by atoms with Gasteiger partial charge in [0.05, 0.1) is 33.5 Å². The number of fused-ring (bicyclic) bond motifs is 7. The molecule has 2 aliphatic rings. The first-order chi connectivity index (χ1) is 33.3. The first kappa shape index (κ1) is 39.4. The number of nitrogens with zero attached hydrogens (tertiary/aromatic N) is 2. The average molecular weight is 859 g/mol. The molecule has 0 N–H and O–H groups in total. The Hall–Kier alpha value is -7.94. The monoisotopic (exact) mass is 858 g/mol. The Kier molecular flexibility index (Phi) is 9.53. The van der Waals surface area contributed by atoms with E-state index in [-0.39, 0.29) is 0 Å². The topological polar surface area (TPSA) is 8.17 Å². The van der Waals surface area contributed by atoms with Crippen molar-refractivity contribution in [3.63, 3.8) is 0 Å². The van der Waals surface area contributed by atoms with Gasteiger partial charge in [0, 0.05) is 27.6 Å². The predicted molar refractivity (Wildman–Crippen MR) is 282 cm³/mol. The van der Waals surface area contributed by atoms with Crippen LogP contribution in [0.3, 0.4) is 0 Å². The molecular formula is C65H50N2. The summed E-state index contributed by atoms with van der Waals surface area (Å²) in [7, 11) is 0. The fraction of sp³-hybridized carbons (Fsp3) is 0.108. The summed E-state index contributed by atoms with van der Waals surface area (Å²) in [5, 5.41) is 5.15. The molecular weight excluding hydrogens is 809 g/mol. The quantitative estimate of drug-likeness (QED) is 0.148. The van der Waals surface area contributed by atoms with Crippen LogP contribution in [0.1, 0.15) is 65.8 Å². The van der Waals surface area contributed by atoms with Gasteiger partial charge in [-0.15, -0.1) is 0 Å². The zero-order valence-corrected chi connectivity index (χ0v) is 37.5. The van der Waals surface area contributed by atoms with Gasteiger partial charge in [0.25, 0.3) is 0 Å². The van der Waals surface area contributed by atoms with Crippen LogP contribution in [0.25, 0.3) is 60.5 Å². The minimum atomic E-state index is -0.550. The third-order valence-electron chi connectivity index (χ3n) is 15.0. The van der Waals surface area contributed by atoms with E-state index in [2.05, 4.69) is 246 Å². The number of hydrogen-bond donors (Lipinski definition) is 0. The normalized spacial score (nSPS) is 14.3. The third kappa shape index (κ3) is 6.09. The third-order valence-corrected chi connectivity index (χ3v) is 15.0. The second-order valence-electron chi connectivity index (χ2n) is 18.5. The molecule has 2 heteroatoms. The van der Waals surface area contributed by atoms with E-state index in [4.69, 9.17) is 0 Å². The maximum atomic E-state index is 2.62. The maximum Gasteiger partial charge on any atom is 0.0782 e. The van der Waals surface area contributed by atoms with Crippen LogP contribution in [0.4, 0.5) is 17.1 Å². The smallest absolute Gasteiger partial charge is 0.0782 e. The fourth-order valence-corrected chi connectivity index (χ4v) is 12.3. The summed E-state index contributed by atoms with van der Waals surface area (Å²) in [6.45, 7) is 0. The molecule has 0 aliphatic heterocycles. The number of anilines is 3. The molecule has 0 unspecified atom stereocenters. The van der Waals surface area contributed by atoms with Crippen molar-refractivity contribution in [2.75, 3.05) is 4.90 Å². The van der Waals surface area contributed by atoms with Crippen molar-refractivity contribution in [1.29, 1.82) is 0 Å². The van der Waals surface area contributed by atoms with Crippen LogP contribution in [-0.4, -0.2) is 4.57 Å². The molecule has 1 heterocycles. The van der Waals surface area contributed by atoms with Crippen molar-refractivity contribution < 1.29 is 0 Å². The molecule has 0 bridgehead atoms. The molecule has 0 atom stereocenters. The van der Waals surface area contributed by atoms with Crippen LogP contribution in [0.2, 0.25) is 0 Å². The molecule has 1 saturated carbocycles. The zero-order chi connectivity index (χ0) is 44.3. The van der Waals surface area contributed by atoms with Crippen LogP contribution in [0, 0.1) is 0 Å². The molecule has 1 fully saturated rings. The number of aromatic nitrogens is 1. The van der Waals surface area contributed by atoms with Crippen LogP contribution in [0.5, 0.6) is 0 Å². The molecule has 10 aromatic carbocycles. The highest BCUT2D eigenvalue weighted by molar-refractivity contribution is 6.16. The van der Waals surface area contributed by atoms with Crippen LogP contribution in [0.15, 0.2) is 237 Å². The van der Waals surface area contributed by atoms with Gasteiger partial charge in [0.1, 0.15) is 0 Å². The van der Waals surface area contributed by atoms with Gasteiger partial charge in [-0.3, -0.25) is 0 Å². The molecule has 0 amide bonds. The highest BCUT2D eigenvalue weighted by Gasteiger charge is 2.47. The Labute approximate surface area is 393 Å². The van der Waals surface area contributed by atoms with Gasteiger partial charge in [-0.25, -0.2) is 0 Å². The Morgan fingerprint density at radius 2 is 0.955 bits per heavy atom. The Bertz CT molecular complexity index is 3570. The van der Waals surface area contributed by atoms with Gasteiger partial charge in [-0.05, 0) is 105 Å². The predicted octanol–water partition coefficient (Wildman–Crippen LogP) is 17.5. The Balaban J connectivity index is 1.17. The SMILES string of the molecule is c1ccc(-n2c3ccccc3c3cccc(N(c4ccccc4-c4cccc5cccc(C6CCCCC6)c45)c4cccc5c4-c4ccccc4C5(c4ccccc4)c4ccccc4)c32)cc1. The van der Waals surface area contributed by atoms with Crippen molar-refractivity contribution in [2.45, 2.75) is 43.4 Å². The van der Waals surface area contributed by atoms with E-state index in [1.165, 1.54) is 115 Å². The molecule has 0 saturated heterocycles. The van der Waals surface area contributed by atoms with Gasteiger partial charge in [-0.1, -0.05) is 219 Å². The van der Waals surface area contributed by atoms with E-state index >= 15 is 0 Å². The number of benzene rings is 10. The van der Waals surface area contributed by atoms with Crippen molar-refractivity contribution in [1.82, 2.24) is 4.57 Å². The largest absolute Gasteiger partial charge is 0.307 e. The van der Waals surface area contributed by atoms with E-state index < -0.39 is 5.41 Å². The van der Waals surface area contributed by atoms with Gasteiger partial charge in [0.2, 0.25) is 0 Å². The molecule has 67 heavy (non-hydrogen) atoms. The fourth-order valence-electron chi connectivity index (χ4n) is 12.3. The lowest BCUT2D eigenvalue weighted by molar-refractivity contribution is 0.445. The number of para-hydroxylation sites is 4. The van der Waals surface area contributed by atoms with E-state index in [1.807, 2.05) is 0 Å². The second kappa shape index (κ2) is 16.2. The summed E-state index contributed by atoms with van der Waals surface area (Å²) in [4.78, 5) is 2.62. The molecule has 2 nitrogen and oxygen atoms in total. The van der Waals surface area contributed by atoms with Crippen LogP contribution in [-0.2, 0) is 5.41 Å². The lowest BCUT2D eigenvalue weighted by Gasteiger charge is -2.35. The summed E-state index contributed by atoms with van der Waals surface area (Å²) < 4.78 is 2.49. The first-order valence-corrected chi connectivity index (χ1v) is 24.1. The Morgan fingerprint density at radius 3 is 1.73 bits per heavy atom. The van der Waals surface area contributed by atoms with E-state index in [0.717, 1.165) is 22.7 Å². The van der Waals surface area contributed by atoms with Crippen molar-refractivity contribution in [3.8, 4) is 27.9 Å². The molecule has 1 aromatic heterocycles. The summed E-state index contributed by atoms with van der Waals surface area (Å²) >= 11 is 0. The van der Waals surface area contributed by atoms with Gasteiger partial charge in [0.15, 0.2) is 0 Å². The van der Waals surface area contributed by atoms with E-state index in [9.17, 15) is 0 Å². The highest BCUT2D eigenvalue weighted by atomic mass is 15.2. The van der Waals surface area contributed by atoms with Gasteiger partial charge >= 0.3 is 0 Å². The first-order valence-electron chi connectivity index (χ1n) is 24.1. The molecule has 2 aliphatic carbocycles. The summed E-state index contributed by atoms with van der Waals surface area (Å²) in [5.74, 6) is 0.551. The molecule has 13 rings (SSSR count). The lowest BCUT2D eigenvalue weighted by Crippen LogP contribution is -2.28. The second-order valence-corrected chi connectivity index (χ2v) is 18.5. The van der Waals surface area contributed by atoms with Crippen molar-refractivity contribution >= 4 is 49.6 Å². The molecule has 0 radical (unpaired) electrons. The summed E-state index contributed by atoms with van der Waals surface area (Å²) in [6, 6.07) is 88.6. The van der Waals surface area contributed by atoms with Crippen molar-refractivity contribution in [3.05, 3.63) is 264 Å². The maximum absolute atomic E-state index is 2.62. The number of hydrogen-bond acceptors (Lipinski definition) is 1. The van der Waals surface area contributed by atoms with E-state index in [1.54, 1.807) is 0 Å². The zero-order valence-electron chi connectivity index (χ0n) is 37.5. The van der Waals surface area contributed by atoms with Gasteiger partial charge < -0.3 is 9.47 Å². The van der Waals surface area contributed by atoms with Gasteiger partial charge in [-0.2, -0.15) is 0 Å². The molecule has 320 valence electrons. The molecule has 0 spiro atoms. The Morgan fingerprint density at radius 1 is 0.403 bits per heavy atom. The molecule has 11 aromatic rings. The highest BCUT2D eigenvalue weighted by Crippen LogP contribution is 2.60. The van der Waals surface area contributed by atoms with Crippen molar-refractivity contribution in [2.24, 2.45) is 0 Å². The standard InChI is InChI=1S/C65H50N2/c1-5-23-45(24-6-1)50-36-19-25-46-26-20-37-53(62(46)50)51-33-14-18-42-59(51)67(61-44-21-38-54-52-34-15-17-41-58(52)66(64(54)61)49-31-11-4-12-32-49)60-43-22-40-57-63(60)55-35-13-16-39-56(55)65(57,47-27-7-2-8-28-47)48-29-9-3-10-30-48/h2-4,7-22,25-45H,1,5-6,23-24H2. The van der Waals surface area contributed by atoms with E-state index in [0.29, 0.717) is 5.92 Å². The van der Waals surface area contributed by atoms with Crippen LogP contribution >= 0.6 is 0 Å². The average Bonchev–Trinajstić information content (AvgIpc) is 3.91. The summed E-state index contributed by atoms with van der Waals surface area (Å²) in [6.07, 6.45) is 6.40. The summed E-state index contributed by atoms with van der Waals surface area (Å²) in [5.41, 5.74) is 18.0. The van der Waals surface area contributed by atoms with Crippen LogP contribution < -0.4 is 4.90 Å². The lowest BCUT2D eigenvalue weighted by atomic mass is 9.68.